The van der Waals surface area contributed by atoms with E-state index in [1.165, 1.54) is 57.8 Å². The van der Waals surface area contributed by atoms with E-state index in [9.17, 15) is 0 Å². The maximum absolute atomic E-state index is 3.87. The Balaban J connectivity index is 3.06. The molecule has 0 rings (SSSR count). The molecule has 0 aliphatic carbocycles. The van der Waals surface area contributed by atoms with Gasteiger partial charge in [0.25, 0.3) is 0 Å². The fraction of sp³-hybridized carbons (Fsp3) is 0.706. The Morgan fingerprint density at radius 3 is 1.82 bits per heavy atom. The van der Waals surface area contributed by atoms with Gasteiger partial charge < -0.3 is 0 Å². The van der Waals surface area contributed by atoms with Gasteiger partial charge in [-0.1, -0.05) is 76.7 Å². The van der Waals surface area contributed by atoms with Crippen molar-refractivity contribution in [1.29, 1.82) is 0 Å². The minimum atomic E-state index is 1.11. The maximum Gasteiger partial charge on any atom is -0.0316 e. The first kappa shape index (κ1) is 16.5. The van der Waals surface area contributed by atoms with Gasteiger partial charge in [-0.25, -0.2) is 0 Å². The second-order valence-electron chi connectivity index (χ2n) is 4.69. The van der Waals surface area contributed by atoms with E-state index in [0.717, 1.165) is 12.8 Å². The number of rotatable bonds is 12. The predicted octanol–water partition coefficient (Wildman–Crippen LogP) is 6.24. The Morgan fingerprint density at radius 1 is 0.647 bits per heavy atom. The first-order chi connectivity index (χ1) is 8.41. The van der Waals surface area contributed by atoms with Gasteiger partial charge in [0.05, 0.1) is 0 Å². The fourth-order valence-electron chi connectivity index (χ4n) is 1.86. The summed E-state index contributed by atoms with van der Waals surface area (Å²) in [6, 6.07) is 0. The van der Waals surface area contributed by atoms with Crippen LogP contribution in [0, 0.1) is 6.92 Å². The lowest BCUT2D eigenvalue weighted by Crippen LogP contribution is -1.79. The van der Waals surface area contributed by atoms with E-state index in [1.807, 2.05) is 0 Å². The molecule has 0 bridgehead atoms. The number of hydrogen-bond donors (Lipinski definition) is 0. The van der Waals surface area contributed by atoms with Crippen molar-refractivity contribution in [1.82, 2.24) is 0 Å². The molecule has 0 atom stereocenters. The van der Waals surface area contributed by atoms with Crippen LogP contribution in [-0.2, 0) is 0 Å². The van der Waals surface area contributed by atoms with E-state index in [1.54, 1.807) is 0 Å². The lowest BCUT2D eigenvalue weighted by Gasteiger charge is -1.98. The molecule has 0 aromatic heterocycles. The molecule has 1 radical (unpaired) electrons. The van der Waals surface area contributed by atoms with E-state index in [2.05, 4.69) is 38.2 Å². The van der Waals surface area contributed by atoms with Crippen LogP contribution < -0.4 is 0 Å². The molecule has 17 heavy (non-hydrogen) atoms. The summed E-state index contributed by atoms with van der Waals surface area (Å²) in [6.07, 6.45) is 23.5. The summed E-state index contributed by atoms with van der Waals surface area (Å²) < 4.78 is 0. The predicted molar refractivity (Wildman–Crippen MR) is 80.1 cm³/mol. The van der Waals surface area contributed by atoms with Gasteiger partial charge in [-0.2, -0.15) is 0 Å². The molecule has 0 heterocycles. The Labute approximate surface area is 109 Å². The molecular weight excluding hydrogens is 204 g/mol. The quantitative estimate of drug-likeness (QED) is 0.277. The molecule has 0 fully saturated rings. The molecule has 0 N–H and O–H groups in total. The van der Waals surface area contributed by atoms with Crippen molar-refractivity contribution in [2.45, 2.75) is 77.6 Å². The maximum atomic E-state index is 3.87. The minimum Gasteiger partial charge on any atom is -0.0888 e. The van der Waals surface area contributed by atoms with Gasteiger partial charge in [0, 0.05) is 0 Å². The molecule has 0 spiro atoms. The first-order valence-electron chi connectivity index (χ1n) is 7.51. The van der Waals surface area contributed by atoms with E-state index < -0.39 is 0 Å². The second-order valence-corrected chi connectivity index (χ2v) is 4.69. The zero-order chi connectivity index (χ0) is 12.6. The van der Waals surface area contributed by atoms with Crippen LogP contribution in [0.3, 0.4) is 0 Å². The summed E-state index contributed by atoms with van der Waals surface area (Å²) in [7, 11) is 0. The van der Waals surface area contributed by atoms with Crippen LogP contribution in [0.25, 0.3) is 0 Å². The van der Waals surface area contributed by atoms with Gasteiger partial charge in [-0.3, -0.25) is 0 Å². The summed E-state index contributed by atoms with van der Waals surface area (Å²) in [4.78, 5) is 0. The average Bonchev–Trinajstić information content (AvgIpc) is 2.35. The van der Waals surface area contributed by atoms with E-state index in [-0.39, 0.29) is 0 Å². The van der Waals surface area contributed by atoms with Crippen LogP contribution >= 0.6 is 0 Å². The highest BCUT2D eigenvalue weighted by atomic mass is 13.9. The highest BCUT2D eigenvalue weighted by Crippen LogP contribution is 2.08. The lowest BCUT2D eigenvalue weighted by molar-refractivity contribution is 0.599. The average molecular weight is 235 g/mol. The number of unbranched alkanes of at least 4 members (excludes halogenated alkanes) is 8. The Hall–Kier alpha value is -0.520. The summed E-state index contributed by atoms with van der Waals surface area (Å²) in [5.74, 6) is 0. The molecule has 0 aliphatic heterocycles. The summed E-state index contributed by atoms with van der Waals surface area (Å²) >= 11 is 0. The van der Waals surface area contributed by atoms with Crippen molar-refractivity contribution >= 4 is 0 Å². The van der Waals surface area contributed by atoms with Crippen molar-refractivity contribution in [2.24, 2.45) is 0 Å². The smallest absolute Gasteiger partial charge is 0.0316 e. The molecule has 0 saturated heterocycles. The van der Waals surface area contributed by atoms with Gasteiger partial charge >= 0.3 is 0 Å². The molecule has 0 aliphatic rings. The Kier molecular flexibility index (Phi) is 15.0. The molecule has 0 heteroatoms. The standard InChI is InChI=1S/C17H31/c1-3-5-7-9-11-13-15-17-16-14-12-10-8-6-4-2/h6,8,14,16H,1,3-5,7,9-13,15,17H2,2H3. The van der Waals surface area contributed by atoms with Gasteiger partial charge in [0.2, 0.25) is 0 Å². The zero-order valence-electron chi connectivity index (χ0n) is 11.8. The third-order valence-corrected chi connectivity index (χ3v) is 2.94. The summed E-state index contributed by atoms with van der Waals surface area (Å²) in [5.41, 5.74) is 0. The van der Waals surface area contributed by atoms with Gasteiger partial charge in [0.1, 0.15) is 0 Å². The van der Waals surface area contributed by atoms with Gasteiger partial charge in [-0.05, 0) is 32.1 Å². The fourth-order valence-corrected chi connectivity index (χ4v) is 1.86. The third-order valence-electron chi connectivity index (χ3n) is 2.94. The monoisotopic (exact) mass is 235 g/mol. The lowest BCUT2D eigenvalue weighted by atomic mass is 10.1. The molecule has 0 aromatic carbocycles. The van der Waals surface area contributed by atoms with Crippen LogP contribution in [0.4, 0.5) is 0 Å². The van der Waals surface area contributed by atoms with Crippen LogP contribution in [0.2, 0.25) is 0 Å². The minimum absolute atomic E-state index is 1.11. The van der Waals surface area contributed by atoms with Gasteiger partial charge in [0.15, 0.2) is 0 Å². The zero-order valence-corrected chi connectivity index (χ0v) is 11.8. The molecule has 0 aromatic rings. The molecule has 0 saturated carbocycles. The van der Waals surface area contributed by atoms with Crippen molar-refractivity contribution in [2.75, 3.05) is 0 Å². The highest BCUT2D eigenvalue weighted by Gasteiger charge is 1.89. The molecule has 0 amide bonds. The molecule has 99 valence electrons. The van der Waals surface area contributed by atoms with Crippen LogP contribution in [0.1, 0.15) is 77.6 Å². The largest absolute Gasteiger partial charge is 0.0888 e. The highest BCUT2D eigenvalue weighted by molar-refractivity contribution is 4.87. The third kappa shape index (κ3) is 15.5. The Bertz CT molecular complexity index is 176. The van der Waals surface area contributed by atoms with Crippen molar-refractivity contribution in [3.8, 4) is 0 Å². The van der Waals surface area contributed by atoms with Crippen LogP contribution in [0.5, 0.6) is 0 Å². The molecular formula is C17H31. The first-order valence-corrected chi connectivity index (χ1v) is 7.51. The van der Waals surface area contributed by atoms with Crippen LogP contribution in [-0.4, -0.2) is 0 Å². The normalized spacial score (nSPS) is 11.9. The van der Waals surface area contributed by atoms with E-state index in [4.69, 9.17) is 0 Å². The molecule has 0 nitrogen and oxygen atoms in total. The van der Waals surface area contributed by atoms with E-state index in [0.29, 0.717) is 0 Å². The SMILES string of the molecule is [CH2]CCCCCCCCC=CCCC=CCC. The number of allylic oxidation sites excluding steroid dienone is 4. The molecule has 0 unspecified atom stereocenters. The van der Waals surface area contributed by atoms with Crippen molar-refractivity contribution in [3.63, 3.8) is 0 Å². The van der Waals surface area contributed by atoms with Crippen LogP contribution in [0.15, 0.2) is 24.3 Å². The van der Waals surface area contributed by atoms with Gasteiger partial charge in [-0.15, -0.1) is 0 Å². The van der Waals surface area contributed by atoms with Crippen molar-refractivity contribution in [3.05, 3.63) is 31.2 Å². The number of hydrogen-bond acceptors (Lipinski definition) is 0. The topological polar surface area (TPSA) is 0 Å². The van der Waals surface area contributed by atoms with Crippen molar-refractivity contribution < 1.29 is 0 Å². The summed E-state index contributed by atoms with van der Waals surface area (Å²) in [6.45, 7) is 6.05. The Morgan fingerprint density at radius 2 is 1.18 bits per heavy atom. The van der Waals surface area contributed by atoms with E-state index >= 15 is 0 Å². The summed E-state index contributed by atoms with van der Waals surface area (Å²) in [5, 5.41) is 0. The second kappa shape index (κ2) is 15.5.